The molecule has 2 aliphatic rings. The van der Waals surface area contributed by atoms with Crippen LogP contribution in [-0.4, -0.2) is 30.9 Å². The van der Waals surface area contributed by atoms with E-state index in [1.807, 2.05) is 47.4 Å². The number of amides is 2. The fraction of sp³-hybridized carbons (Fsp3) is 0.364. The van der Waals surface area contributed by atoms with Gasteiger partial charge in [-0.1, -0.05) is 18.2 Å². The third kappa shape index (κ3) is 3.29. The van der Waals surface area contributed by atoms with Crippen LogP contribution in [0.3, 0.4) is 0 Å². The number of fused-ring (bicyclic) bond motifs is 1. The maximum atomic E-state index is 13.1. The molecule has 2 atom stereocenters. The van der Waals surface area contributed by atoms with E-state index in [1.165, 1.54) is 5.56 Å². The Morgan fingerprint density at radius 1 is 1.07 bits per heavy atom. The van der Waals surface area contributed by atoms with Gasteiger partial charge in [-0.25, -0.2) is 0 Å². The molecule has 5 heteroatoms. The van der Waals surface area contributed by atoms with Crippen molar-refractivity contribution >= 4 is 23.2 Å². The molecule has 0 bridgehead atoms. The van der Waals surface area contributed by atoms with Gasteiger partial charge in [0.25, 0.3) is 5.91 Å². The van der Waals surface area contributed by atoms with Crippen molar-refractivity contribution in [1.29, 1.82) is 0 Å². The first kappa shape index (κ1) is 17.6. The van der Waals surface area contributed by atoms with Crippen LogP contribution in [-0.2, 0) is 11.2 Å². The number of carbonyl (C=O) groups excluding carboxylic acids is 2. The third-order valence-electron chi connectivity index (χ3n) is 5.73. The summed E-state index contributed by atoms with van der Waals surface area (Å²) >= 11 is 0. The Kier molecular flexibility index (Phi) is 4.60. The van der Waals surface area contributed by atoms with Crippen molar-refractivity contribution in [3.05, 3.63) is 59.7 Å². The van der Waals surface area contributed by atoms with Crippen LogP contribution < -0.4 is 15.5 Å². The smallest absolute Gasteiger partial charge is 0.258 e. The molecular weight excluding hydrogens is 338 g/mol. The molecule has 140 valence electrons. The topological polar surface area (TPSA) is 66.6 Å². The van der Waals surface area contributed by atoms with Crippen molar-refractivity contribution in [2.45, 2.75) is 32.2 Å². The molecule has 4 rings (SSSR count). The zero-order chi connectivity index (χ0) is 19.0. The Hall–Kier alpha value is -2.82. The van der Waals surface area contributed by atoms with E-state index in [1.54, 1.807) is 0 Å². The number of carbonyl (C=O) groups is 2. The Balaban J connectivity index is 1.52. The SMILES string of the molecule is C[C@@H]1Cc2ccccc2N1C(=O)c1ccc(N2CCC[C@H](C(N)=O)C2)cc1. The molecule has 0 aliphatic carbocycles. The quantitative estimate of drug-likeness (QED) is 0.912. The molecule has 2 aromatic carbocycles. The summed E-state index contributed by atoms with van der Waals surface area (Å²) in [7, 11) is 0. The van der Waals surface area contributed by atoms with Crippen LogP contribution in [0.1, 0.15) is 35.7 Å². The molecule has 2 aliphatic heterocycles. The Morgan fingerprint density at radius 2 is 1.81 bits per heavy atom. The van der Waals surface area contributed by atoms with Crippen LogP contribution in [0.15, 0.2) is 48.5 Å². The van der Waals surface area contributed by atoms with Gasteiger partial charge in [-0.15, -0.1) is 0 Å². The predicted molar refractivity (Wildman–Crippen MR) is 107 cm³/mol. The molecule has 2 aromatic rings. The normalized spacial score (nSPS) is 21.8. The van der Waals surface area contributed by atoms with E-state index in [9.17, 15) is 9.59 Å². The molecule has 0 radical (unpaired) electrons. The third-order valence-corrected chi connectivity index (χ3v) is 5.73. The monoisotopic (exact) mass is 363 g/mol. The van der Waals surface area contributed by atoms with Crippen molar-refractivity contribution in [3.8, 4) is 0 Å². The molecule has 0 spiro atoms. The van der Waals surface area contributed by atoms with Crippen molar-refractivity contribution in [2.24, 2.45) is 11.7 Å². The van der Waals surface area contributed by atoms with Crippen LogP contribution in [0.2, 0.25) is 0 Å². The predicted octanol–water partition coefficient (Wildman–Crippen LogP) is 2.98. The standard InChI is InChI=1S/C22H25N3O2/c1-15-13-17-5-2-3-7-20(17)25(15)22(27)16-8-10-19(11-9-16)24-12-4-6-18(14-24)21(23)26/h2-3,5,7-11,15,18H,4,6,12-14H2,1H3,(H2,23,26)/t15-,18+/m1/s1. The average molecular weight is 363 g/mol. The molecule has 2 heterocycles. The number of hydrogen-bond acceptors (Lipinski definition) is 3. The minimum atomic E-state index is -0.229. The van der Waals surface area contributed by atoms with Crippen molar-refractivity contribution in [1.82, 2.24) is 0 Å². The van der Waals surface area contributed by atoms with Crippen LogP contribution >= 0.6 is 0 Å². The van der Waals surface area contributed by atoms with Crippen LogP contribution in [0.25, 0.3) is 0 Å². The van der Waals surface area contributed by atoms with E-state index in [2.05, 4.69) is 17.9 Å². The maximum Gasteiger partial charge on any atom is 0.258 e. The zero-order valence-corrected chi connectivity index (χ0v) is 15.6. The second-order valence-electron chi connectivity index (χ2n) is 7.59. The fourth-order valence-corrected chi connectivity index (χ4v) is 4.27. The summed E-state index contributed by atoms with van der Waals surface area (Å²) < 4.78 is 0. The summed E-state index contributed by atoms with van der Waals surface area (Å²) in [6, 6.07) is 16.0. The first-order chi connectivity index (χ1) is 13.0. The lowest BCUT2D eigenvalue weighted by Gasteiger charge is -2.33. The van der Waals surface area contributed by atoms with Gasteiger partial charge in [0.05, 0.1) is 5.92 Å². The highest BCUT2D eigenvalue weighted by Crippen LogP contribution is 2.33. The fourth-order valence-electron chi connectivity index (χ4n) is 4.27. The number of piperidine rings is 1. The highest BCUT2D eigenvalue weighted by Gasteiger charge is 2.31. The summed E-state index contributed by atoms with van der Waals surface area (Å²) in [5.74, 6) is -0.289. The first-order valence-electron chi connectivity index (χ1n) is 9.60. The van der Waals surface area contributed by atoms with E-state index in [-0.39, 0.29) is 23.8 Å². The molecule has 1 fully saturated rings. The number of hydrogen-bond donors (Lipinski definition) is 1. The summed E-state index contributed by atoms with van der Waals surface area (Å²) in [6.45, 7) is 3.65. The molecule has 0 saturated carbocycles. The van der Waals surface area contributed by atoms with Gasteiger partial charge in [0.15, 0.2) is 0 Å². The summed E-state index contributed by atoms with van der Waals surface area (Å²) in [5, 5.41) is 0. The van der Waals surface area contributed by atoms with E-state index in [0.717, 1.165) is 37.2 Å². The molecule has 0 aromatic heterocycles. The molecular formula is C22H25N3O2. The number of nitrogens with zero attached hydrogens (tertiary/aromatic N) is 2. The molecule has 5 nitrogen and oxygen atoms in total. The first-order valence-corrected chi connectivity index (χ1v) is 9.60. The van der Waals surface area contributed by atoms with Crippen LogP contribution in [0.5, 0.6) is 0 Å². The van der Waals surface area contributed by atoms with Crippen LogP contribution in [0, 0.1) is 5.92 Å². The second kappa shape index (κ2) is 7.06. The highest BCUT2D eigenvalue weighted by molar-refractivity contribution is 6.07. The van der Waals surface area contributed by atoms with Gasteiger partial charge >= 0.3 is 0 Å². The molecule has 0 unspecified atom stereocenters. The molecule has 2 amide bonds. The second-order valence-corrected chi connectivity index (χ2v) is 7.59. The molecule has 27 heavy (non-hydrogen) atoms. The van der Waals surface area contributed by atoms with Gasteiger partial charge in [-0.05, 0) is 62.1 Å². The number of rotatable bonds is 3. The number of primary amides is 1. The molecule has 1 saturated heterocycles. The highest BCUT2D eigenvalue weighted by atomic mass is 16.2. The zero-order valence-electron chi connectivity index (χ0n) is 15.6. The summed E-state index contributed by atoms with van der Waals surface area (Å²) in [6.07, 6.45) is 2.70. The van der Waals surface area contributed by atoms with Crippen molar-refractivity contribution < 1.29 is 9.59 Å². The van der Waals surface area contributed by atoms with E-state index in [0.29, 0.717) is 12.1 Å². The lowest BCUT2D eigenvalue weighted by atomic mass is 9.97. The minimum Gasteiger partial charge on any atom is -0.371 e. The van der Waals surface area contributed by atoms with Gasteiger partial charge in [-0.2, -0.15) is 0 Å². The number of benzene rings is 2. The largest absolute Gasteiger partial charge is 0.371 e. The average Bonchev–Trinajstić information content (AvgIpc) is 3.03. The van der Waals surface area contributed by atoms with E-state index in [4.69, 9.17) is 5.73 Å². The van der Waals surface area contributed by atoms with Crippen molar-refractivity contribution in [2.75, 3.05) is 22.9 Å². The van der Waals surface area contributed by atoms with Gasteiger partial charge < -0.3 is 15.5 Å². The number of anilines is 2. The van der Waals surface area contributed by atoms with E-state index >= 15 is 0 Å². The Bertz CT molecular complexity index is 862. The van der Waals surface area contributed by atoms with Gasteiger partial charge in [-0.3, -0.25) is 9.59 Å². The van der Waals surface area contributed by atoms with Gasteiger partial charge in [0.1, 0.15) is 0 Å². The lowest BCUT2D eigenvalue weighted by Crippen LogP contribution is -2.41. The van der Waals surface area contributed by atoms with Gasteiger partial charge in [0.2, 0.25) is 5.91 Å². The number of nitrogens with two attached hydrogens (primary N) is 1. The Morgan fingerprint density at radius 3 is 2.56 bits per heavy atom. The Labute approximate surface area is 159 Å². The van der Waals surface area contributed by atoms with Crippen LogP contribution in [0.4, 0.5) is 11.4 Å². The minimum absolute atomic E-state index is 0.0349. The van der Waals surface area contributed by atoms with E-state index < -0.39 is 0 Å². The van der Waals surface area contributed by atoms with Crippen molar-refractivity contribution in [3.63, 3.8) is 0 Å². The summed E-state index contributed by atoms with van der Waals surface area (Å²) in [5.41, 5.74) is 9.43. The van der Waals surface area contributed by atoms with Gasteiger partial charge in [0, 0.05) is 36.1 Å². The lowest BCUT2D eigenvalue weighted by molar-refractivity contribution is -0.122. The number of para-hydroxylation sites is 1. The maximum absolute atomic E-state index is 13.1. The molecule has 2 N–H and O–H groups in total. The summed E-state index contributed by atoms with van der Waals surface area (Å²) in [4.78, 5) is 28.7.